The molecule has 1 aliphatic carbocycles. The smallest absolute Gasteiger partial charge is 0.0371 e. The van der Waals surface area contributed by atoms with Crippen molar-refractivity contribution in [3.63, 3.8) is 0 Å². The van der Waals surface area contributed by atoms with Crippen molar-refractivity contribution in [2.75, 3.05) is 6.54 Å². The number of hydrogen-bond acceptors (Lipinski definition) is 1. The third-order valence-corrected chi connectivity index (χ3v) is 4.34. The van der Waals surface area contributed by atoms with E-state index in [-0.39, 0.29) is 5.41 Å². The van der Waals surface area contributed by atoms with Gasteiger partial charge in [-0.25, -0.2) is 0 Å². The maximum atomic E-state index is 3.72. The SMILES string of the molecule is CCNC(C1=CCCCC1)C(C)(C)c1ccccc1. The maximum Gasteiger partial charge on any atom is 0.0371 e. The molecular formula is C18H27N. The average molecular weight is 257 g/mol. The van der Waals surface area contributed by atoms with Gasteiger partial charge in [0, 0.05) is 11.5 Å². The van der Waals surface area contributed by atoms with Crippen molar-refractivity contribution < 1.29 is 0 Å². The van der Waals surface area contributed by atoms with Crippen molar-refractivity contribution in [2.45, 2.75) is 57.9 Å². The molecule has 1 heteroatoms. The third kappa shape index (κ3) is 3.27. The predicted octanol–water partition coefficient (Wildman–Crippen LogP) is 4.44. The van der Waals surface area contributed by atoms with Gasteiger partial charge >= 0.3 is 0 Å². The molecule has 0 saturated carbocycles. The van der Waals surface area contributed by atoms with Crippen LogP contribution in [0.4, 0.5) is 0 Å². The fourth-order valence-corrected chi connectivity index (χ4v) is 3.21. The van der Waals surface area contributed by atoms with Gasteiger partial charge in [0.1, 0.15) is 0 Å². The molecule has 1 aliphatic rings. The highest BCUT2D eigenvalue weighted by Gasteiger charge is 2.33. The zero-order chi connectivity index (χ0) is 13.7. The molecule has 0 spiro atoms. The summed E-state index contributed by atoms with van der Waals surface area (Å²) in [5, 5.41) is 3.72. The van der Waals surface area contributed by atoms with E-state index in [1.54, 1.807) is 5.57 Å². The Labute approximate surface area is 118 Å². The molecule has 0 radical (unpaired) electrons. The number of nitrogens with one attached hydrogen (secondary N) is 1. The minimum Gasteiger partial charge on any atom is -0.310 e. The highest BCUT2D eigenvalue weighted by Crippen LogP contribution is 2.34. The summed E-state index contributed by atoms with van der Waals surface area (Å²) in [5.74, 6) is 0. The molecule has 1 N–H and O–H groups in total. The van der Waals surface area contributed by atoms with Crippen molar-refractivity contribution >= 4 is 0 Å². The van der Waals surface area contributed by atoms with Crippen LogP contribution in [0.3, 0.4) is 0 Å². The lowest BCUT2D eigenvalue weighted by molar-refractivity contribution is 0.371. The Morgan fingerprint density at radius 2 is 1.89 bits per heavy atom. The van der Waals surface area contributed by atoms with Gasteiger partial charge in [-0.05, 0) is 37.8 Å². The summed E-state index contributed by atoms with van der Waals surface area (Å²) < 4.78 is 0. The summed E-state index contributed by atoms with van der Waals surface area (Å²) in [4.78, 5) is 0. The van der Waals surface area contributed by atoms with Crippen molar-refractivity contribution in [3.05, 3.63) is 47.5 Å². The van der Waals surface area contributed by atoms with Gasteiger partial charge in [0.05, 0.1) is 0 Å². The minimum absolute atomic E-state index is 0.139. The molecule has 2 rings (SSSR count). The van der Waals surface area contributed by atoms with Gasteiger partial charge in [-0.1, -0.05) is 62.8 Å². The van der Waals surface area contributed by atoms with Gasteiger partial charge in [0.25, 0.3) is 0 Å². The number of benzene rings is 1. The monoisotopic (exact) mass is 257 g/mol. The van der Waals surface area contributed by atoms with Crippen LogP contribution in [0.25, 0.3) is 0 Å². The quantitative estimate of drug-likeness (QED) is 0.769. The topological polar surface area (TPSA) is 12.0 Å². The maximum absolute atomic E-state index is 3.72. The molecule has 0 fully saturated rings. The van der Waals surface area contributed by atoms with E-state index in [1.165, 1.54) is 31.2 Å². The first-order chi connectivity index (χ1) is 9.16. The van der Waals surface area contributed by atoms with Gasteiger partial charge in [-0.2, -0.15) is 0 Å². The van der Waals surface area contributed by atoms with E-state index in [2.05, 4.69) is 62.5 Å². The Balaban J connectivity index is 2.29. The summed E-state index contributed by atoms with van der Waals surface area (Å²) in [6.45, 7) is 7.96. The van der Waals surface area contributed by atoms with Gasteiger partial charge in [-0.3, -0.25) is 0 Å². The first-order valence-electron chi connectivity index (χ1n) is 7.64. The lowest BCUT2D eigenvalue weighted by atomic mass is 9.72. The van der Waals surface area contributed by atoms with E-state index in [0.717, 1.165) is 6.54 Å². The van der Waals surface area contributed by atoms with Crippen LogP contribution in [0.5, 0.6) is 0 Å². The summed E-state index contributed by atoms with van der Waals surface area (Å²) >= 11 is 0. The number of rotatable bonds is 5. The Morgan fingerprint density at radius 1 is 1.16 bits per heavy atom. The average Bonchev–Trinajstić information content (AvgIpc) is 2.46. The van der Waals surface area contributed by atoms with E-state index in [0.29, 0.717) is 6.04 Å². The largest absolute Gasteiger partial charge is 0.310 e. The molecule has 0 amide bonds. The van der Waals surface area contributed by atoms with Crippen LogP contribution < -0.4 is 5.32 Å². The molecule has 1 unspecified atom stereocenters. The fourth-order valence-electron chi connectivity index (χ4n) is 3.21. The number of hydrogen-bond donors (Lipinski definition) is 1. The molecule has 1 aromatic rings. The molecule has 104 valence electrons. The van der Waals surface area contributed by atoms with Crippen LogP contribution in [-0.4, -0.2) is 12.6 Å². The third-order valence-electron chi connectivity index (χ3n) is 4.34. The zero-order valence-corrected chi connectivity index (χ0v) is 12.6. The normalized spacial score (nSPS) is 17.9. The molecule has 0 heterocycles. The molecule has 1 aromatic carbocycles. The van der Waals surface area contributed by atoms with E-state index in [9.17, 15) is 0 Å². The summed E-state index contributed by atoms with van der Waals surface area (Å²) in [6.07, 6.45) is 7.68. The standard InChI is InChI=1S/C18H27N/c1-4-19-17(15-11-7-5-8-12-15)18(2,3)16-13-9-6-10-14-16/h6,9-11,13-14,17,19H,4-5,7-8,12H2,1-3H3. The lowest BCUT2D eigenvalue weighted by Crippen LogP contribution is -2.46. The van der Waals surface area contributed by atoms with E-state index < -0.39 is 0 Å². The van der Waals surface area contributed by atoms with Gasteiger partial charge < -0.3 is 5.32 Å². The second-order valence-electron chi connectivity index (χ2n) is 6.10. The molecule has 0 bridgehead atoms. The Morgan fingerprint density at radius 3 is 2.47 bits per heavy atom. The molecule has 0 aliphatic heterocycles. The van der Waals surface area contributed by atoms with Crippen molar-refractivity contribution in [1.29, 1.82) is 0 Å². The van der Waals surface area contributed by atoms with Crippen molar-refractivity contribution in [2.24, 2.45) is 0 Å². The van der Waals surface area contributed by atoms with Crippen LogP contribution in [0.1, 0.15) is 52.0 Å². The molecular weight excluding hydrogens is 230 g/mol. The Hall–Kier alpha value is -1.08. The van der Waals surface area contributed by atoms with Crippen molar-refractivity contribution in [1.82, 2.24) is 5.32 Å². The first kappa shape index (κ1) is 14.3. The summed E-state index contributed by atoms with van der Waals surface area (Å²) in [7, 11) is 0. The summed E-state index contributed by atoms with van der Waals surface area (Å²) in [6, 6.07) is 11.4. The molecule has 19 heavy (non-hydrogen) atoms. The second kappa shape index (κ2) is 6.38. The first-order valence-corrected chi connectivity index (χ1v) is 7.64. The zero-order valence-electron chi connectivity index (χ0n) is 12.6. The van der Waals surface area contributed by atoms with E-state index in [4.69, 9.17) is 0 Å². The second-order valence-corrected chi connectivity index (χ2v) is 6.10. The molecule has 1 nitrogen and oxygen atoms in total. The van der Waals surface area contributed by atoms with E-state index in [1.807, 2.05) is 0 Å². The predicted molar refractivity (Wildman–Crippen MR) is 83.5 cm³/mol. The van der Waals surface area contributed by atoms with E-state index >= 15 is 0 Å². The van der Waals surface area contributed by atoms with Gasteiger partial charge in [0.15, 0.2) is 0 Å². The molecule has 0 aromatic heterocycles. The highest BCUT2D eigenvalue weighted by atomic mass is 14.9. The minimum atomic E-state index is 0.139. The van der Waals surface area contributed by atoms with Crippen LogP contribution in [-0.2, 0) is 5.41 Å². The van der Waals surface area contributed by atoms with Gasteiger partial charge in [-0.15, -0.1) is 0 Å². The van der Waals surface area contributed by atoms with Crippen LogP contribution in [0, 0.1) is 0 Å². The highest BCUT2D eigenvalue weighted by molar-refractivity contribution is 5.31. The molecule has 1 atom stereocenters. The Bertz CT molecular complexity index is 417. The van der Waals surface area contributed by atoms with Gasteiger partial charge in [0.2, 0.25) is 0 Å². The molecule has 0 saturated heterocycles. The van der Waals surface area contributed by atoms with Crippen LogP contribution in [0.15, 0.2) is 42.0 Å². The number of allylic oxidation sites excluding steroid dienone is 1. The Kier molecular flexibility index (Phi) is 4.81. The van der Waals surface area contributed by atoms with Crippen LogP contribution in [0.2, 0.25) is 0 Å². The lowest BCUT2D eigenvalue weighted by Gasteiger charge is -2.38. The van der Waals surface area contributed by atoms with Crippen molar-refractivity contribution in [3.8, 4) is 0 Å². The number of likely N-dealkylation sites (N-methyl/N-ethyl adjacent to an activating group) is 1. The fraction of sp³-hybridized carbons (Fsp3) is 0.556. The summed E-state index contributed by atoms with van der Waals surface area (Å²) in [5.41, 5.74) is 3.18. The van der Waals surface area contributed by atoms with Crippen LogP contribution >= 0.6 is 0 Å².